The third-order valence-corrected chi connectivity index (χ3v) is 4.47. The lowest BCUT2D eigenvalue weighted by Gasteiger charge is -2.18. The van der Waals surface area contributed by atoms with E-state index in [-0.39, 0.29) is 30.4 Å². The quantitative estimate of drug-likeness (QED) is 0.890. The number of nitrogen functional groups attached to an aromatic ring is 1. The van der Waals surface area contributed by atoms with E-state index in [9.17, 15) is 9.59 Å². The molecule has 1 aliphatic rings. The first-order valence-corrected chi connectivity index (χ1v) is 7.87. The van der Waals surface area contributed by atoms with Crippen molar-refractivity contribution in [2.45, 2.75) is 51.5 Å². The Bertz CT molecular complexity index is 822. The zero-order valence-corrected chi connectivity index (χ0v) is 13.1. The normalized spacial score (nSPS) is 15.3. The van der Waals surface area contributed by atoms with Crippen LogP contribution >= 0.6 is 0 Å². The molecule has 1 fully saturated rings. The van der Waals surface area contributed by atoms with Crippen molar-refractivity contribution in [2.24, 2.45) is 0 Å². The summed E-state index contributed by atoms with van der Waals surface area (Å²) in [6.45, 7) is 1.82. The zero-order valence-electron chi connectivity index (χ0n) is 13.1. The molecular formula is C16H20N4O3. The van der Waals surface area contributed by atoms with Gasteiger partial charge in [0, 0.05) is 23.4 Å². The summed E-state index contributed by atoms with van der Waals surface area (Å²) in [5.74, 6) is -0.762. The van der Waals surface area contributed by atoms with Gasteiger partial charge in [0.25, 0.3) is 5.56 Å². The van der Waals surface area contributed by atoms with Crippen LogP contribution in [0.2, 0.25) is 0 Å². The number of carboxylic acid groups (broad SMARTS) is 1. The smallest absolute Gasteiger partial charge is 0.303 e. The summed E-state index contributed by atoms with van der Waals surface area (Å²) < 4.78 is 1.71. The minimum atomic E-state index is -0.915. The number of aromatic nitrogens is 3. The highest BCUT2D eigenvalue weighted by Crippen LogP contribution is 2.31. The summed E-state index contributed by atoms with van der Waals surface area (Å²) in [6.07, 6.45) is 4.16. The summed E-state index contributed by atoms with van der Waals surface area (Å²) in [5, 5.41) is 9.67. The Morgan fingerprint density at radius 3 is 2.74 bits per heavy atom. The highest BCUT2D eigenvalue weighted by atomic mass is 16.4. The number of rotatable bonds is 4. The second-order valence-electron chi connectivity index (χ2n) is 6.08. The first-order chi connectivity index (χ1) is 11.0. The van der Waals surface area contributed by atoms with Gasteiger partial charge in [-0.3, -0.25) is 14.2 Å². The molecule has 3 rings (SSSR count). The Kier molecular flexibility index (Phi) is 4.02. The molecule has 0 radical (unpaired) electrons. The van der Waals surface area contributed by atoms with Crippen LogP contribution in [-0.4, -0.2) is 25.6 Å². The monoisotopic (exact) mass is 316 g/mol. The number of hydrogen-bond acceptors (Lipinski definition) is 5. The van der Waals surface area contributed by atoms with E-state index < -0.39 is 5.97 Å². The molecule has 0 aromatic carbocycles. The second-order valence-corrected chi connectivity index (χ2v) is 6.08. The molecule has 0 spiro atoms. The molecular weight excluding hydrogens is 296 g/mol. The van der Waals surface area contributed by atoms with Crippen LogP contribution in [0.15, 0.2) is 10.9 Å². The van der Waals surface area contributed by atoms with E-state index in [1.807, 2.05) is 6.92 Å². The lowest BCUT2D eigenvalue weighted by atomic mass is 10.1. The third kappa shape index (κ3) is 2.91. The van der Waals surface area contributed by atoms with Crippen molar-refractivity contribution in [3.8, 4) is 0 Å². The van der Waals surface area contributed by atoms with E-state index in [1.54, 1.807) is 10.6 Å². The average Bonchev–Trinajstić information content (AvgIpc) is 2.99. The van der Waals surface area contributed by atoms with E-state index in [2.05, 4.69) is 9.97 Å². The number of pyridine rings is 1. The number of aliphatic carboxylic acids is 1. The summed E-state index contributed by atoms with van der Waals surface area (Å²) in [6, 6.07) is 1.82. The standard InChI is InChI=1S/C16H20N4O3/c1-9-12-8-10(6-7-13(21)22)15(23)20(11-4-2-3-5-11)14(12)19-16(17)18-9/h8,11H,2-7H2,1H3,(H,21,22)(H2,17,18,19). The van der Waals surface area contributed by atoms with Gasteiger partial charge in [0.15, 0.2) is 0 Å². The molecule has 0 unspecified atom stereocenters. The number of hydrogen-bond donors (Lipinski definition) is 2. The van der Waals surface area contributed by atoms with Crippen LogP contribution in [0.5, 0.6) is 0 Å². The van der Waals surface area contributed by atoms with Gasteiger partial charge in [-0.2, -0.15) is 4.98 Å². The summed E-state index contributed by atoms with van der Waals surface area (Å²) in [5.41, 5.74) is 7.38. The summed E-state index contributed by atoms with van der Waals surface area (Å²) in [4.78, 5) is 32.2. The van der Waals surface area contributed by atoms with Crippen molar-refractivity contribution in [3.05, 3.63) is 27.7 Å². The molecule has 0 bridgehead atoms. The van der Waals surface area contributed by atoms with Crippen LogP contribution in [0.25, 0.3) is 11.0 Å². The van der Waals surface area contributed by atoms with Crippen LogP contribution < -0.4 is 11.3 Å². The molecule has 122 valence electrons. The van der Waals surface area contributed by atoms with Gasteiger partial charge in [-0.1, -0.05) is 12.8 Å². The highest BCUT2D eigenvalue weighted by molar-refractivity contribution is 5.79. The maximum Gasteiger partial charge on any atom is 0.303 e. The van der Waals surface area contributed by atoms with E-state index >= 15 is 0 Å². The fourth-order valence-electron chi connectivity index (χ4n) is 3.35. The molecule has 0 aliphatic heterocycles. The average molecular weight is 316 g/mol. The second kappa shape index (κ2) is 5.98. The van der Waals surface area contributed by atoms with E-state index in [0.717, 1.165) is 31.1 Å². The van der Waals surface area contributed by atoms with Gasteiger partial charge < -0.3 is 10.8 Å². The highest BCUT2D eigenvalue weighted by Gasteiger charge is 2.23. The summed E-state index contributed by atoms with van der Waals surface area (Å²) in [7, 11) is 0. The Hall–Kier alpha value is -2.44. The van der Waals surface area contributed by atoms with Crippen LogP contribution in [0.1, 0.15) is 49.4 Å². The van der Waals surface area contributed by atoms with Crippen LogP contribution in [0.3, 0.4) is 0 Å². The maximum absolute atomic E-state index is 12.9. The first kappa shape index (κ1) is 15.5. The van der Waals surface area contributed by atoms with Crippen molar-refractivity contribution in [2.75, 3.05) is 5.73 Å². The first-order valence-electron chi connectivity index (χ1n) is 7.87. The lowest BCUT2D eigenvalue weighted by molar-refractivity contribution is -0.136. The van der Waals surface area contributed by atoms with Crippen LogP contribution in [0.4, 0.5) is 5.95 Å². The number of anilines is 1. The molecule has 0 amide bonds. The van der Waals surface area contributed by atoms with Crippen molar-refractivity contribution >= 4 is 23.0 Å². The number of nitrogens with two attached hydrogens (primary N) is 1. The van der Waals surface area contributed by atoms with Gasteiger partial charge in [-0.25, -0.2) is 4.98 Å². The number of fused-ring (bicyclic) bond motifs is 1. The van der Waals surface area contributed by atoms with E-state index in [4.69, 9.17) is 10.8 Å². The lowest BCUT2D eigenvalue weighted by Crippen LogP contribution is -2.28. The minimum absolute atomic E-state index is 0.0692. The molecule has 0 atom stereocenters. The summed E-state index contributed by atoms with van der Waals surface area (Å²) >= 11 is 0. The number of carboxylic acids is 1. The van der Waals surface area contributed by atoms with Gasteiger partial charge in [-0.15, -0.1) is 0 Å². The van der Waals surface area contributed by atoms with Crippen molar-refractivity contribution in [1.82, 2.24) is 14.5 Å². The topological polar surface area (TPSA) is 111 Å². The minimum Gasteiger partial charge on any atom is -0.481 e. The van der Waals surface area contributed by atoms with Gasteiger partial charge >= 0.3 is 5.97 Å². The number of aryl methyl sites for hydroxylation is 2. The van der Waals surface area contributed by atoms with Gasteiger partial charge in [0.1, 0.15) is 5.65 Å². The van der Waals surface area contributed by atoms with Crippen molar-refractivity contribution in [1.29, 1.82) is 0 Å². The molecule has 7 heteroatoms. The molecule has 1 aliphatic carbocycles. The van der Waals surface area contributed by atoms with Gasteiger partial charge in [0.05, 0.1) is 5.69 Å². The van der Waals surface area contributed by atoms with Crippen LogP contribution in [-0.2, 0) is 11.2 Å². The van der Waals surface area contributed by atoms with Gasteiger partial charge in [-0.05, 0) is 32.3 Å². The molecule has 2 aromatic heterocycles. The predicted molar refractivity (Wildman–Crippen MR) is 86.4 cm³/mol. The Balaban J connectivity index is 2.24. The van der Waals surface area contributed by atoms with E-state index in [0.29, 0.717) is 16.9 Å². The Morgan fingerprint density at radius 1 is 1.39 bits per heavy atom. The largest absolute Gasteiger partial charge is 0.481 e. The van der Waals surface area contributed by atoms with Crippen molar-refractivity contribution in [3.63, 3.8) is 0 Å². The molecule has 2 aromatic rings. The fourth-order valence-corrected chi connectivity index (χ4v) is 3.35. The predicted octanol–water partition coefficient (Wildman–Crippen LogP) is 1.81. The molecule has 0 saturated heterocycles. The molecule has 2 heterocycles. The Morgan fingerprint density at radius 2 is 2.09 bits per heavy atom. The van der Waals surface area contributed by atoms with E-state index in [1.165, 1.54) is 0 Å². The fraction of sp³-hybridized carbons (Fsp3) is 0.500. The zero-order chi connectivity index (χ0) is 16.6. The number of carbonyl (C=O) groups is 1. The SMILES string of the molecule is Cc1nc(N)nc2c1cc(CCC(=O)O)c(=O)n2C1CCCC1. The van der Waals surface area contributed by atoms with Crippen LogP contribution in [0, 0.1) is 6.92 Å². The molecule has 3 N–H and O–H groups in total. The third-order valence-electron chi connectivity index (χ3n) is 4.47. The molecule has 1 saturated carbocycles. The molecule has 23 heavy (non-hydrogen) atoms. The van der Waals surface area contributed by atoms with Gasteiger partial charge in [0.2, 0.25) is 5.95 Å². The molecule has 7 nitrogen and oxygen atoms in total. The Labute approximate surface area is 133 Å². The number of nitrogens with zero attached hydrogens (tertiary/aromatic N) is 3. The van der Waals surface area contributed by atoms with Crippen molar-refractivity contribution < 1.29 is 9.90 Å². The maximum atomic E-state index is 12.9.